The monoisotopic (exact) mass is 497 g/mol. The zero-order valence-corrected chi connectivity index (χ0v) is 17.9. The summed E-state index contributed by atoms with van der Waals surface area (Å²) in [5.41, 5.74) is -0.618. The quantitative estimate of drug-likeness (QED) is 0.325. The average molecular weight is 497 g/mol. The third-order valence-electron chi connectivity index (χ3n) is 3.59. The van der Waals surface area contributed by atoms with Crippen LogP contribution in [0.3, 0.4) is 0 Å². The van der Waals surface area contributed by atoms with Gasteiger partial charge in [-0.3, -0.25) is 19.2 Å². The van der Waals surface area contributed by atoms with E-state index in [9.17, 15) is 38.6 Å². The maximum atomic E-state index is 12.8. The first-order valence-electron chi connectivity index (χ1n) is 8.74. The topological polar surface area (TPSA) is 108 Å². The molecule has 0 saturated heterocycles. The molecule has 0 aliphatic rings. The van der Waals surface area contributed by atoms with Crippen molar-refractivity contribution in [1.82, 2.24) is 0 Å². The molecule has 0 bridgehead atoms. The number of hydrogen-bond donors (Lipinski definition) is 1. The Hall–Kier alpha value is -3.68. The molecule has 2 aromatic carbocycles. The molecule has 0 saturated carbocycles. The largest absolute Gasteiger partial charge is 0.423 e. The van der Waals surface area contributed by atoms with E-state index >= 15 is 0 Å². The third kappa shape index (κ3) is 7.17. The molecular formula is C19H16F5NO7S. The lowest BCUT2D eigenvalue weighted by Gasteiger charge is -2.40. The molecule has 2 rings (SSSR count). The summed E-state index contributed by atoms with van der Waals surface area (Å²) >= 11 is 0. The minimum absolute atomic E-state index is 0.107. The van der Waals surface area contributed by atoms with E-state index in [0.717, 1.165) is 32.9 Å². The standard InChI is InChI=1S/C19H16F5NO7S/c1-10(26)30-16-8-13(9-17(31-11(2)27)18(16)32-12(3)28)19(29)25-14-4-6-15(7-5-14)33(20,21,22,23)24/h4-9H,1-3H3,(H,25,29). The number of amides is 1. The van der Waals surface area contributed by atoms with Gasteiger partial charge >= 0.3 is 28.1 Å². The van der Waals surface area contributed by atoms with E-state index in [1.165, 1.54) is 0 Å². The van der Waals surface area contributed by atoms with Crippen molar-refractivity contribution in [2.75, 3.05) is 5.32 Å². The third-order valence-corrected chi connectivity index (χ3v) is 4.76. The molecule has 1 amide bonds. The van der Waals surface area contributed by atoms with Crippen LogP contribution in [0.1, 0.15) is 31.1 Å². The van der Waals surface area contributed by atoms with Crippen molar-refractivity contribution in [2.24, 2.45) is 0 Å². The Balaban J connectivity index is 2.46. The van der Waals surface area contributed by atoms with Gasteiger partial charge in [-0.15, -0.1) is 0 Å². The summed E-state index contributed by atoms with van der Waals surface area (Å²) in [6, 6.07) is 3.30. The van der Waals surface area contributed by atoms with E-state index < -0.39 is 56.2 Å². The highest BCUT2D eigenvalue weighted by Crippen LogP contribution is 3.02. The molecule has 0 unspecified atom stereocenters. The van der Waals surface area contributed by atoms with Gasteiger partial charge in [0.05, 0.1) is 0 Å². The van der Waals surface area contributed by atoms with Crippen molar-refractivity contribution in [2.45, 2.75) is 25.7 Å². The maximum Gasteiger partial charge on any atom is 0.310 e. The predicted molar refractivity (Wildman–Crippen MR) is 106 cm³/mol. The number of benzene rings is 2. The van der Waals surface area contributed by atoms with Crippen LogP contribution in [0, 0.1) is 0 Å². The fourth-order valence-corrected chi connectivity index (χ4v) is 3.06. The van der Waals surface area contributed by atoms with Crippen molar-refractivity contribution in [3.8, 4) is 17.2 Å². The van der Waals surface area contributed by atoms with Gasteiger partial charge in [0.1, 0.15) is 4.90 Å². The molecule has 1 N–H and O–H groups in total. The van der Waals surface area contributed by atoms with Crippen molar-refractivity contribution >= 4 is 39.7 Å². The Morgan fingerprint density at radius 1 is 0.727 bits per heavy atom. The highest BCUT2D eigenvalue weighted by atomic mass is 32.5. The number of halogens is 5. The van der Waals surface area contributed by atoms with Gasteiger partial charge in [0.15, 0.2) is 11.5 Å². The number of rotatable bonds is 6. The highest BCUT2D eigenvalue weighted by Gasteiger charge is 2.65. The fourth-order valence-electron chi connectivity index (χ4n) is 2.41. The zero-order chi connectivity index (χ0) is 25.3. The van der Waals surface area contributed by atoms with Crippen LogP contribution in [0.2, 0.25) is 0 Å². The number of anilines is 1. The van der Waals surface area contributed by atoms with Gasteiger partial charge in [-0.1, -0.05) is 19.4 Å². The first-order chi connectivity index (χ1) is 14.9. The van der Waals surface area contributed by atoms with Gasteiger partial charge in [-0.2, -0.15) is 0 Å². The summed E-state index contributed by atoms with van der Waals surface area (Å²) in [7, 11) is -9.89. The van der Waals surface area contributed by atoms with Crippen LogP contribution < -0.4 is 19.5 Å². The van der Waals surface area contributed by atoms with E-state index in [4.69, 9.17) is 14.2 Å². The number of hydrogen-bond acceptors (Lipinski definition) is 7. The lowest BCUT2D eigenvalue weighted by atomic mass is 10.1. The van der Waals surface area contributed by atoms with E-state index in [0.29, 0.717) is 12.1 Å². The minimum Gasteiger partial charge on any atom is -0.423 e. The van der Waals surface area contributed by atoms with Crippen LogP contribution in [0.25, 0.3) is 0 Å². The van der Waals surface area contributed by atoms with Gasteiger partial charge in [0, 0.05) is 32.0 Å². The fraction of sp³-hybridized carbons (Fsp3) is 0.158. The predicted octanol–water partition coefficient (Wildman–Crippen LogP) is 5.37. The highest BCUT2D eigenvalue weighted by molar-refractivity contribution is 8.45. The molecule has 0 atom stereocenters. The lowest BCUT2D eigenvalue weighted by Crippen LogP contribution is -2.15. The number of carbonyl (C=O) groups excluding carboxylic acids is 4. The summed E-state index contributed by atoms with van der Waals surface area (Å²) in [6.45, 7) is 3.00. The first kappa shape index (κ1) is 25.6. The van der Waals surface area contributed by atoms with Crippen LogP contribution in [0.15, 0.2) is 41.3 Å². The summed E-state index contributed by atoms with van der Waals surface area (Å²) < 4.78 is 78.8. The van der Waals surface area contributed by atoms with Crippen LogP contribution in [0.4, 0.5) is 25.1 Å². The van der Waals surface area contributed by atoms with E-state index in [-0.39, 0.29) is 23.4 Å². The first-order valence-corrected chi connectivity index (χ1v) is 10.7. The van der Waals surface area contributed by atoms with Crippen LogP contribution in [-0.2, 0) is 14.4 Å². The summed E-state index contributed by atoms with van der Waals surface area (Å²) in [5.74, 6) is -5.09. The lowest BCUT2D eigenvalue weighted by molar-refractivity contribution is -0.135. The van der Waals surface area contributed by atoms with E-state index in [1.807, 2.05) is 0 Å². The van der Waals surface area contributed by atoms with Gasteiger partial charge in [0.2, 0.25) is 5.75 Å². The minimum atomic E-state index is -9.89. The van der Waals surface area contributed by atoms with E-state index in [1.54, 1.807) is 0 Å². The second-order valence-corrected chi connectivity index (χ2v) is 8.94. The van der Waals surface area contributed by atoms with Crippen molar-refractivity contribution in [1.29, 1.82) is 0 Å². The van der Waals surface area contributed by atoms with Crippen LogP contribution >= 0.6 is 10.2 Å². The maximum absolute atomic E-state index is 12.8. The van der Waals surface area contributed by atoms with E-state index in [2.05, 4.69) is 5.32 Å². The second kappa shape index (κ2) is 8.03. The van der Waals surface area contributed by atoms with Gasteiger partial charge in [-0.25, -0.2) is 0 Å². The molecule has 14 heteroatoms. The number of carbonyl (C=O) groups is 4. The molecule has 8 nitrogen and oxygen atoms in total. The number of esters is 3. The molecule has 0 aliphatic heterocycles. The average Bonchev–Trinajstić information content (AvgIpc) is 2.61. The van der Waals surface area contributed by atoms with Crippen LogP contribution in [-0.4, -0.2) is 23.8 Å². The molecule has 0 heterocycles. The molecular weight excluding hydrogens is 481 g/mol. The summed E-state index contributed by atoms with van der Waals surface area (Å²) in [6.07, 6.45) is 0. The van der Waals surface area contributed by atoms with Gasteiger partial charge in [-0.05, 0) is 36.4 Å². The Kier molecular flexibility index (Phi) is 6.22. The molecule has 0 aromatic heterocycles. The molecule has 2 aromatic rings. The van der Waals surface area contributed by atoms with Crippen molar-refractivity contribution < 1.29 is 52.8 Å². The molecule has 0 radical (unpaired) electrons. The Morgan fingerprint density at radius 2 is 1.15 bits per heavy atom. The van der Waals surface area contributed by atoms with Gasteiger partial charge in [0.25, 0.3) is 5.91 Å². The Labute approximate surface area is 183 Å². The Morgan fingerprint density at radius 3 is 1.52 bits per heavy atom. The molecule has 0 spiro atoms. The van der Waals surface area contributed by atoms with Gasteiger partial charge < -0.3 is 19.5 Å². The zero-order valence-electron chi connectivity index (χ0n) is 17.1. The Bertz CT molecular complexity index is 1110. The SMILES string of the molecule is CC(=O)Oc1cc(C(=O)Nc2ccc(S(F)(F)(F)(F)F)cc2)cc(OC(C)=O)c1OC(C)=O. The smallest absolute Gasteiger partial charge is 0.310 e. The number of ether oxygens (including phenoxy) is 3. The van der Waals surface area contributed by atoms with Crippen molar-refractivity contribution in [3.63, 3.8) is 0 Å². The summed E-state index contributed by atoms with van der Waals surface area (Å²) in [4.78, 5) is 44.6. The number of nitrogens with one attached hydrogen (secondary N) is 1. The molecule has 0 fully saturated rings. The second-order valence-electron chi connectivity index (χ2n) is 6.53. The summed E-state index contributed by atoms with van der Waals surface area (Å²) in [5, 5.41) is 2.16. The van der Waals surface area contributed by atoms with Crippen LogP contribution in [0.5, 0.6) is 17.2 Å². The normalized spacial score (nSPS) is 13.2. The molecule has 33 heavy (non-hydrogen) atoms. The molecule has 0 aliphatic carbocycles. The van der Waals surface area contributed by atoms with Crippen molar-refractivity contribution in [3.05, 3.63) is 42.0 Å². The molecule has 180 valence electrons.